The fourth-order valence-electron chi connectivity index (χ4n) is 3.08. The van der Waals surface area contributed by atoms with Gasteiger partial charge in [0.05, 0.1) is 17.3 Å². The van der Waals surface area contributed by atoms with Gasteiger partial charge in [-0.05, 0) is 49.8 Å². The minimum absolute atomic E-state index is 0.252. The molecule has 1 aliphatic carbocycles. The average molecular weight is 375 g/mol. The Hall–Kier alpha value is -2.15. The highest BCUT2D eigenvalue weighted by molar-refractivity contribution is 7.90. The van der Waals surface area contributed by atoms with Gasteiger partial charge < -0.3 is 10.1 Å². The third-order valence-electron chi connectivity index (χ3n) is 4.52. The van der Waals surface area contributed by atoms with Gasteiger partial charge >= 0.3 is 0 Å². The quantitative estimate of drug-likeness (QED) is 0.800. The Morgan fingerprint density at radius 3 is 2.54 bits per heavy atom. The molecule has 1 N–H and O–H groups in total. The Morgan fingerprint density at radius 1 is 1.12 bits per heavy atom. The third kappa shape index (κ3) is 5.42. The second-order valence-corrected chi connectivity index (χ2v) is 8.73. The van der Waals surface area contributed by atoms with Gasteiger partial charge in [0.15, 0.2) is 9.84 Å². The maximum absolute atomic E-state index is 11.5. The molecule has 2 aromatic rings. The fourth-order valence-corrected chi connectivity index (χ4v) is 3.71. The molecule has 1 aromatic carbocycles. The zero-order valence-electron chi connectivity index (χ0n) is 15.0. The van der Waals surface area contributed by atoms with E-state index >= 15 is 0 Å². The molecule has 0 bridgehead atoms. The van der Waals surface area contributed by atoms with Crippen molar-refractivity contribution < 1.29 is 13.2 Å². The molecular weight excluding hydrogens is 350 g/mol. The van der Waals surface area contributed by atoms with Crippen molar-refractivity contribution in [2.24, 2.45) is 0 Å². The van der Waals surface area contributed by atoms with E-state index in [1.807, 2.05) is 12.1 Å². The molecule has 0 amide bonds. The number of hydrogen-bond donors (Lipinski definition) is 1. The monoisotopic (exact) mass is 375 g/mol. The second-order valence-electron chi connectivity index (χ2n) is 6.71. The van der Waals surface area contributed by atoms with Crippen molar-refractivity contribution in [3.8, 4) is 5.88 Å². The van der Waals surface area contributed by atoms with E-state index in [-0.39, 0.29) is 6.10 Å². The van der Waals surface area contributed by atoms with Crippen LogP contribution in [0.15, 0.2) is 41.6 Å². The SMILES string of the molecule is CS(=O)(=O)c1ccc(CCNc2cncc(OC3CCCCC3)n2)cc1. The van der Waals surface area contributed by atoms with Crippen LogP contribution in [0.3, 0.4) is 0 Å². The maximum Gasteiger partial charge on any atom is 0.234 e. The number of anilines is 1. The van der Waals surface area contributed by atoms with Crippen molar-refractivity contribution in [1.29, 1.82) is 0 Å². The topological polar surface area (TPSA) is 81.2 Å². The van der Waals surface area contributed by atoms with E-state index in [2.05, 4.69) is 15.3 Å². The van der Waals surface area contributed by atoms with Crippen LogP contribution in [-0.2, 0) is 16.3 Å². The molecule has 26 heavy (non-hydrogen) atoms. The fraction of sp³-hybridized carbons (Fsp3) is 0.474. The first-order chi connectivity index (χ1) is 12.5. The molecule has 1 aliphatic rings. The van der Waals surface area contributed by atoms with Crippen LogP contribution in [-0.4, -0.2) is 37.3 Å². The summed E-state index contributed by atoms with van der Waals surface area (Å²) in [6.45, 7) is 0.680. The van der Waals surface area contributed by atoms with Crippen LogP contribution in [0.2, 0.25) is 0 Å². The van der Waals surface area contributed by atoms with Gasteiger partial charge in [0.1, 0.15) is 11.9 Å². The molecule has 140 valence electrons. The van der Waals surface area contributed by atoms with E-state index in [0.29, 0.717) is 23.1 Å². The number of aromatic nitrogens is 2. The highest BCUT2D eigenvalue weighted by Gasteiger charge is 2.15. The Bertz CT molecular complexity index is 816. The van der Waals surface area contributed by atoms with Crippen LogP contribution in [0, 0.1) is 0 Å². The van der Waals surface area contributed by atoms with Gasteiger partial charge in [-0.25, -0.2) is 8.42 Å². The zero-order chi connectivity index (χ0) is 18.4. The van der Waals surface area contributed by atoms with Crippen LogP contribution in [0.5, 0.6) is 5.88 Å². The van der Waals surface area contributed by atoms with Gasteiger partial charge in [-0.2, -0.15) is 4.98 Å². The number of ether oxygens (including phenoxy) is 1. The van der Waals surface area contributed by atoms with E-state index in [0.717, 1.165) is 24.8 Å². The van der Waals surface area contributed by atoms with Gasteiger partial charge in [0, 0.05) is 12.8 Å². The molecule has 0 saturated heterocycles. The summed E-state index contributed by atoms with van der Waals surface area (Å²) in [7, 11) is -3.15. The lowest BCUT2D eigenvalue weighted by atomic mass is 9.98. The predicted molar refractivity (Wildman–Crippen MR) is 101 cm³/mol. The van der Waals surface area contributed by atoms with Crippen molar-refractivity contribution in [1.82, 2.24) is 9.97 Å². The average Bonchev–Trinajstić information content (AvgIpc) is 2.63. The first-order valence-electron chi connectivity index (χ1n) is 9.02. The van der Waals surface area contributed by atoms with Crippen molar-refractivity contribution >= 4 is 15.7 Å². The first-order valence-corrected chi connectivity index (χ1v) is 10.9. The van der Waals surface area contributed by atoms with Crippen LogP contribution < -0.4 is 10.1 Å². The minimum Gasteiger partial charge on any atom is -0.473 e. The van der Waals surface area contributed by atoms with Crippen molar-refractivity contribution in [2.45, 2.75) is 49.5 Å². The Morgan fingerprint density at radius 2 is 1.85 bits per heavy atom. The lowest BCUT2D eigenvalue weighted by Crippen LogP contribution is -2.20. The van der Waals surface area contributed by atoms with Gasteiger partial charge in [-0.3, -0.25) is 4.98 Å². The van der Waals surface area contributed by atoms with Gasteiger partial charge in [0.2, 0.25) is 5.88 Å². The Labute approximate surface area is 154 Å². The summed E-state index contributed by atoms with van der Waals surface area (Å²) in [5.41, 5.74) is 1.06. The molecule has 6 nitrogen and oxygen atoms in total. The number of nitrogens with zero attached hydrogens (tertiary/aromatic N) is 2. The van der Waals surface area contributed by atoms with E-state index < -0.39 is 9.84 Å². The summed E-state index contributed by atoms with van der Waals surface area (Å²) in [6, 6.07) is 6.96. The third-order valence-corrected chi connectivity index (χ3v) is 5.65. The molecule has 0 aliphatic heterocycles. The van der Waals surface area contributed by atoms with Gasteiger partial charge in [-0.15, -0.1) is 0 Å². The lowest BCUT2D eigenvalue weighted by molar-refractivity contribution is 0.148. The molecule has 1 aromatic heterocycles. The maximum atomic E-state index is 11.5. The van der Waals surface area contributed by atoms with E-state index in [1.165, 1.54) is 25.5 Å². The summed E-state index contributed by atoms with van der Waals surface area (Å²) in [5.74, 6) is 1.26. The molecule has 0 radical (unpaired) electrons. The van der Waals surface area contributed by atoms with Crippen molar-refractivity contribution in [3.05, 3.63) is 42.2 Å². The van der Waals surface area contributed by atoms with Gasteiger partial charge in [-0.1, -0.05) is 18.6 Å². The molecule has 7 heteroatoms. The van der Waals surface area contributed by atoms with E-state index in [4.69, 9.17) is 4.74 Å². The number of rotatable bonds is 7. The van der Waals surface area contributed by atoms with Crippen LogP contribution in [0.25, 0.3) is 0 Å². The molecule has 1 saturated carbocycles. The van der Waals surface area contributed by atoms with Crippen molar-refractivity contribution in [3.63, 3.8) is 0 Å². The highest BCUT2D eigenvalue weighted by Crippen LogP contribution is 2.22. The molecular formula is C19H25N3O3S. The van der Waals surface area contributed by atoms with Crippen LogP contribution in [0.4, 0.5) is 5.82 Å². The van der Waals surface area contributed by atoms with E-state index in [1.54, 1.807) is 24.5 Å². The Kier molecular flexibility index (Phi) is 6.08. The van der Waals surface area contributed by atoms with Crippen molar-refractivity contribution in [2.75, 3.05) is 18.1 Å². The second kappa shape index (κ2) is 8.49. The number of benzene rings is 1. The highest BCUT2D eigenvalue weighted by atomic mass is 32.2. The molecule has 1 fully saturated rings. The molecule has 3 rings (SSSR count). The number of nitrogens with one attached hydrogen (secondary N) is 1. The minimum atomic E-state index is -3.15. The van der Waals surface area contributed by atoms with Gasteiger partial charge in [0.25, 0.3) is 0 Å². The molecule has 1 heterocycles. The Balaban J connectivity index is 1.50. The summed E-state index contributed by atoms with van der Waals surface area (Å²) in [6.07, 6.45) is 11.5. The number of sulfone groups is 1. The summed E-state index contributed by atoms with van der Waals surface area (Å²) >= 11 is 0. The summed E-state index contributed by atoms with van der Waals surface area (Å²) < 4.78 is 28.9. The zero-order valence-corrected chi connectivity index (χ0v) is 15.8. The number of hydrogen-bond acceptors (Lipinski definition) is 6. The smallest absolute Gasteiger partial charge is 0.234 e. The largest absolute Gasteiger partial charge is 0.473 e. The normalized spacial score (nSPS) is 15.6. The molecule has 0 spiro atoms. The van der Waals surface area contributed by atoms with E-state index in [9.17, 15) is 8.42 Å². The lowest BCUT2D eigenvalue weighted by Gasteiger charge is -2.22. The predicted octanol–water partition coefficient (Wildman–Crippen LogP) is 3.25. The van der Waals surface area contributed by atoms with Crippen LogP contribution >= 0.6 is 0 Å². The molecule has 0 unspecified atom stereocenters. The van der Waals surface area contributed by atoms with Crippen LogP contribution in [0.1, 0.15) is 37.7 Å². The standard InChI is InChI=1S/C19H25N3O3S/c1-26(23,24)17-9-7-15(8-10-17)11-12-21-18-13-20-14-19(22-18)25-16-5-3-2-4-6-16/h7-10,13-14,16H,2-6,11-12H2,1H3,(H,21,22). The summed E-state index contributed by atoms with van der Waals surface area (Å²) in [4.78, 5) is 9.01. The summed E-state index contributed by atoms with van der Waals surface area (Å²) in [5, 5.41) is 3.24. The molecule has 0 atom stereocenters. The first kappa shape index (κ1) is 18.6.